The first-order chi connectivity index (χ1) is 9.87. The van der Waals surface area contributed by atoms with Crippen molar-refractivity contribution in [2.75, 3.05) is 6.61 Å². The molecular weight excluding hydrogens is 279 g/mol. The maximum absolute atomic E-state index is 12.5. The van der Waals surface area contributed by atoms with Crippen LogP contribution in [-0.2, 0) is 17.3 Å². The molecule has 0 heterocycles. The van der Waals surface area contributed by atoms with Crippen molar-refractivity contribution in [3.63, 3.8) is 0 Å². The van der Waals surface area contributed by atoms with Crippen LogP contribution < -0.4 is 5.73 Å². The summed E-state index contributed by atoms with van der Waals surface area (Å²) in [5.74, 6) is 0. The predicted octanol–water partition coefficient (Wildman–Crippen LogP) is 3.92. The fourth-order valence-electron chi connectivity index (χ4n) is 3.15. The second-order valence-electron chi connectivity index (χ2n) is 5.71. The van der Waals surface area contributed by atoms with E-state index in [9.17, 15) is 13.2 Å². The Kier molecular flexibility index (Phi) is 4.94. The van der Waals surface area contributed by atoms with Crippen LogP contribution in [0, 0.1) is 0 Å². The molecule has 21 heavy (non-hydrogen) atoms. The van der Waals surface area contributed by atoms with Crippen molar-refractivity contribution in [3.05, 3.63) is 35.4 Å². The highest BCUT2D eigenvalue weighted by Gasteiger charge is 2.40. The van der Waals surface area contributed by atoms with Crippen molar-refractivity contribution in [1.29, 1.82) is 0 Å². The van der Waals surface area contributed by atoms with Gasteiger partial charge in [0.15, 0.2) is 0 Å². The Labute approximate surface area is 123 Å². The molecule has 0 spiro atoms. The van der Waals surface area contributed by atoms with Crippen LogP contribution in [0.15, 0.2) is 24.3 Å². The average Bonchev–Trinajstić information content (AvgIpc) is 2.89. The Bertz CT molecular complexity index is 450. The molecule has 2 rings (SSSR count). The second-order valence-corrected chi connectivity index (χ2v) is 5.71. The fourth-order valence-corrected chi connectivity index (χ4v) is 3.15. The summed E-state index contributed by atoms with van der Waals surface area (Å²) in [7, 11) is 0. The third-order valence-electron chi connectivity index (χ3n) is 4.29. The fraction of sp³-hybridized carbons (Fsp3) is 0.625. The van der Waals surface area contributed by atoms with E-state index in [-0.39, 0.29) is 11.6 Å². The van der Waals surface area contributed by atoms with Gasteiger partial charge < -0.3 is 10.5 Å². The number of alkyl halides is 3. The van der Waals surface area contributed by atoms with E-state index in [2.05, 4.69) is 0 Å². The Morgan fingerprint density at radius 1 is 1.19 bits per heavy atom. The molecule has 1 fully saturated rings. The summed E-state index contributed by atoms with van der Waals surface area (Å²) in [5, 5.41) is 0. The SMILES string of the molecule is CCOC1(C(N)Cc2ccc(C(F)(F)F)cc2)CCCC1. The van der Waals surface area contributed by atoms with Crippen molar-refractivity contribution < 1.29 is 17.9 Å². The van der Waals surface area contributed by atoms with Gasteiger partial charge in [-0.3, -0.25) is 0 Å². The Balaban J connectivity index is 2.06. The van der Waals surface area contributed by atoms with Gasteiger partial charge in [0, 0.05) is 12.6 Å². The van der Waals surface area contributed by atoms with Crippen LogP contribution in [-0.4, -0.2) is 18.2 Å². The molecule has 2 N–H and O–H groups in total. The number of nitrogens with two attached hydrogens (primary N) is 1. The monoisotopic (exact) mass is 301 g/mol. The van der Waals surface area contributed by atoms with Gasteiger partial charge in [0.2, 0.25) is 0 Å². The molecule has 0 radical (unpaired) electrons. The third kappa shape index (κ3) is 3.77. The molecule has 2 nitrogen and oxygen atoms in total. The molecule has 0 saturated heterocycles. The van der Waals surface area contributed by atoms with E-state index < -0.39 is 11.7 Å². The smallest absolute Gasteiger partial charge is 0.374 e. The number of halogens is 3. The summed E-state index contributed by atoms with van der Waals surface area (Å²) < 4.78 is 43.5. The van der Waals surface area contributed by atoms with E-state index >= 15 is 0 Å². The number of ether oxygens (including phenoxy) is 1. The zero-order valence-electron chi connectivity index (χ0n) is 12.2. The van der Waals surface area contributed by atoms with Crippen LogP contribution in [0.2, 0.25) is 0 Å². The normalized spacial score (nSPS) is 19.7. The Morgan fingerprint density at radius 3 is 2.24 bits per heavy atom. The minimum atomic E-state index is -4.29. The highest BCUT2D eigenvalue weighted by atomic mass is 19.4. The number of hydrogen-bond donors (Lipinski definition) is 1. The summed E-state index contributed by atoms with van der Waals surface area (Å²) in [6.45, 7) is 2.56. The van der Waals surface area contributed by atoms with Crippen LogP contribution in [0.4, 0.5) is 13.2 Å². The van der Waals surface area contributed by atoms with Gasteiger partial charge in [0.25, 0.3) is 0 Å². The first kappa shape index (κ1) is 16.3. The number of hydrogen-bond acceptors (Lipinski definition) is 2. The highest BCUT2D eigenvalue weighted by molar-refractivity contribution is 5.25. The largest absolute Gasteiger partial charge is 0.416 e. The van der Waals surface area contributed by atoms with Crippen molar-refractivity contribution in [2.45, 2.75) is 56.8 Å². The summed E-state index contributed by atoms with van der Waals surface area (Å²) >= 11 is 0. The Hall–Kier alpha value is -1.07. The molecule has 1 unspecified atom stereocenters. The van der Waals surface area contributed by atoms with Crippen LogP contribution in [0.1, 0.15) is 43.7 Å². The zero-order chi connectivity index (χ0) is 15.5. The molecule has 118 valence electrons. The molecule has 1 aliphatic carbocycles. The second kappa shape index (κ2) is 6.36. The van der Waals surface area contributed by atoms with Gasteiger partial charge in [-0.2, -0.15) is 13.2 Å². The van der Waals surface area contributed by atoms with Gasteiger partial charge in [-0.15, -0.1) is 0 Å². The van der Waals surface area contributed by atoms with E-state index in [1.165, 1.54) is 12.1 Å². The molecule has 1 aliphatic rings. The summed E-state index contributed by atoms with van der Waals surface area (Å²) in [6.07, 6.45) is 0.309. The lowest BCUT2D eigenvalue weighted by molar-refractivity contribution is -0.137. The minimum absolute atomic E-state index is 0.184. The molecule has 0 aliphatic heterocycles. The lowest BCUT2D eigenvalue weighted by Crippen LogP contribution is -2.49. The van der Waals surface area contributed by atoms with Crippen molar-refractivity contribution in [2.24, 2.45) is 5.73 Å². The zero-order valence-corrected chi connectivity index (χ0v) is 12.2. The van der Waals surface area contributed by atoms with Gasteiger partial charge in [-0.05, 0) is 43.9 Å². The molecule has 1 saturated carbocycles. The first-order valence-electron chi connectivity index (χ1n) is 7.43. The lowest BCUT2D eigenvalue weighted by atomic mass is 9.88. The van der Waals surface area contributed by atoms with E-state index in [0.717, 1.165) is 43.4 Å². The van der Waals surface area contributed by atoms with Crippen LogP contribution in [0.5, 0.6) is 0 Å². The molecule has 0 bridgehead atoms. The van der Waals surface area contributed by atoms with Crippen LogP contribution in [0.25, 0.3) is 0 Å². The molecule has 0 aromatic heterocycles. The van der Waals surface area contributed by atoms with Gasteiger partial charge >= 0.3 is 6.18 Å². The topological polar surface area (TPSA) is 35.2 Å². The summed E-state index contributed by atoms with van der Waals surface area (Å²) in [5.41, 5.74) is 6.20. The third-order valence-corrected chi connectivity index (χ3v) is 4.29. The quantitative estimate of drug-likeness (QED) is 0.894. The maximum Gasteiger partial charge on any atom is 0.416 e. The summed E-state index contributed by atoms with van der Waals surface area (Å²) in [4.78, 5) is 0. The van der Waals surface area contributed by atoms with Gasteiger partial charge in [0.1, 0.15) is 0 Å². The van der Waals surface area contributed by atoms with Gasteiger partial charge in [0.05, 0.1) is 11.2 Å². The number of rotatable bonds is 5. The van der Waals surface area contributed by atoms with Gasteiger partial charge in [-0.1, -0.05) is 25.0 Å². The van der Waals surface area contributed by atoms with E-state index in [1.54, 1.807) is 0 Å². The molecule has 0 amide bonds. The van der Waals surface area contributed by atoms with Crippen LogP contribution in [0.3, 0.4) is 0 Å². The maximum atomic E-state index is 12.5. The predicted molar refractivity (Wildman–Crippen MR) is 75.9 cm³/mol. The highest BCUT2D eigenvalue weighted by Crippen LogP contribution is 2.37. The standard InChI is InChI=1S/C16H22F3NO/c1-2-21-15(9-3-4-10-15)14(20)11-12-5-7-13(8-6-12)16(17,18)19/h5-8,14H,2-4,9-11,20H2,1H3. The summed E-state index contributed by atoms with van der Waals surface area (Å²) in [6, 6.07) is 5.07. The van der Waals surface area contributed by atoms with E-state index in [4.69, 9.17) is 10.5 Å². The molecule has 1 aromatic rings. The Morgan fingerprint density at radius 2 is 1.76 bits per heavy atom. The first-order valence-corrected chi connectivity index (χ1v) is 7.43. The van der Waals surface area contributed by atoms with Crippen molar-refractivity contribution in [1.82, 2.24) is 0 Å². The van der Waals surface area contributed by atoms with Crippen molar-refractivity contribution in [3.8, 4) is 0 Å². The van der Waals surface area contributed by atoms with Crippen molar-refractivity contribution >= 4 is 0 Å². The van der Waals surface area contributed by atoms with Crippen LogP contribution >= 0.6 is 0 Å². The minimum Gasteiger partial charge on any atom is -0.374 e. The van der Waals surface area contributed by atoms with Gasteiger partial charge in [-0.25, -0.2) is 0 Å². The molecule has 1 aromatic carbocycles. The lowest BCUT2D eigenvalue weighted by Gasteiger charge is -2.35. The number of benzene rings is 1. The average molecular weight is 301 g/mol. The molecule has 5 heteroatoms. The molecule has 1 atom stereocenters. The van der Waals surface area contributed by atoms with E-state index in [1.807, 2.05) is 6.92 Å². The molecular formula is C16H22F3NO. The van der Waals surface area contributed by atoms with E-state index in [0.29, 0.717) is 13.0 Å².